The summed E-state index contributed by atoms with van der Waals surface area (Å²) in [7, 11) is 0. The Bertz CT molecular complexity index is 1130. The van der Waals surface area contributed by atoms with Crippen molar-refractivity contribution in [1.29, 1.82) is 0 Å². The van der Waals surface area contributed by atoms with Crippen LogP contribution in [0.15, 0.2) is 78.9 Å². The molecule has 0 radical (unpaired) electrons. The molecule has 0 heterocycles. The topological polar surface area (TPSA) is 88.1 Å². The Morgan fingerprint density at radius 1 is 0.895 bits per heavy atom. The van der Waals surface area contributed by atoms with Crippen LogP contribution in [0.4, 0.5) is 10.5 Å². The van der Waals surface area contributed by atoms with Gasteiger partial charge >= 0.3 is 12.0 Å². The number of nitrogens with one attached hydrogen (secondary N) is 1. The van der Waals surface area contributed by atoms with E-state index in [1.807, 2.05) is 73.7 Å². The van der Waals surface area contributed by atoms with Crippen molar-refractivity contribution in [3.8, 4) is 5.75 Å². The van der Waals surface area contributed by atoms with Crippen LogP contribution in [0.1, 0.15) is 36.5 Å². The van der Waals surface area contributed by atoms with Crippen LogP contribution < -0.4 is 10.1 Å². The number of benzene rings is 3. The first-order valence-corrected chi connectivity index (χ1v) is 13.2. The Kier molecular flexibility index (Phi) is 11.7. The number of carbonyl (C=O) groups is 2. The molecule has 0 bridgehead atoms. The Labute approximate surface area is 225 Å². The standard InChI is InChI=1S/C31H38N2O5/c1-3-37-29(30(34)35)23-26-16-18-27(19-17-26)38-22-21-33(20-10-9-14-25-12-5-4-6-13-25)31(36)32-28-15-8-7-11-24(28)2/h4-8,11-13,15-19,29H,3,9-10,14,20-23H2,1-2H3,(H,32,36)(H,34,35). The first-order chi connectivity index (χ1) is 18.5. The second-order valence-electron chi connectivity index (χ2n) is 9.15. The summed E-state index contributed by atoms with van der Waals surface area (Å²) in [5, 5.41) is 12.3. The molecule has 0 spiro atoms. The molecule has 2 N–H and O–H groups in total. The van der Waals surface area contributed by atoms with E-state index in [2.05, 4.69) is 17.4 Å². The minimum absolute atomic E-state index is 0.145. The van der Waals surface area contributed by atoms with E-state index in [-0.39, 0.29) is 6.03 Å². The fourth-order valence-electron chi connectivity index (χ4n) is 4.13. The number of anilines is 1. The molecule has 3 aromatic carbocycles. The van der Waals surface area contributed by atoms with E-state index in [9.17, 15) is 14.7 Å². The molecule has 0 aliphatic carbocycles. The van der Waals surface area contributed by atoms with Gasteiger partial charge in [0, 0.05) is 25.3 Å². The van der Waals surface area contributed by atoms with Gasteiger partial charge < -0.3 is 24.8 Å². The van der Waals surface area contributed by atoms with Crippen LogP contribution in [-0.4, -0.2) is 54.4 Å². The van der Waals surface area contributed by atoms with Crippen molar-refractivity contribution < 1.29 is 24.2 Å². The zero-order chi connectivity index (χ0) is 27.2. The van der Waals surface area contributed by atoms with Gasteiger partial charge in [-0.25, -0.2) is 9.59 Å². The lowest BCUT2D eigenvalue weighted by molar-refractivity contribution is -0.149. The van der Waals surface area contributed by atoms with Gasteiger partial charge in [0.25, 0.3) is 0 Å². The van der Waals surface area contributed by atoms with Crippen molar-refractivity contribution in [2.24, 2.45) is 0 Å². The van der Waals surface area contributed by atoms with Crippen LogP contribution >= 0.6 is 0 Å². The molecular formula is C31H38N2O5. The van der Waals surface area contributed by atoms with Crippen LogP contribution in [0.3, 0.4) is 0 Å². The van der Waals surface area contributed by atoms with Crippen molar-refractivity contribution >= 4 is 17.7 Å². The minimum Gasteiger partial charge on any atom is -0.492 e. The van der Waals surface area contributed by atoms with Crippen LogP contribution in [0, 0.1) is 6.92 Å². The van der Waals surface area contributed by atoms with Gasteiger partial charge in [-0.2, -0.15) is 0 Å². The second-order valence-corrected chi connectivity index (χ2v) is 9.15. The van der Waals surface area contributed by atoms with Gasteiger partial charge in [0.15, 0.2) is 6.10 Å². The van der Waals surface area contributed by atoms with Gasteiger partial charge in [0.1, 0.15) is 12.4 Å². The van der Waals surface area contributed by atoms with Crippen molar-refractivity contribution in [2.75, 3.05) is 31.6 Å². The summed E-state index contributed by atoms with van der Waals surface area (Å²) in [5.74, 6) is -0.305. The number of nitrogens with zero attached hydrogens (tertiary/aromatic N) is 1. The number of carboxylic acids is 1. The van der Waals surface area contributed by atoms with Crippen molar-refractivity contribution in [2.45, 2.75) is 45.6 Å². The molecule has 2 amide bonds. The molecule has 7 nitrogen and oxygen atoms in total. The zero-order valence-corrected chi connectivity index (χ0v) is 22.3. The summed E-state index contributed by atoms with van der Waals surface area (Å²) in [6.45, 7) is 5.51. The summed E-state index contributed by atoms with van der Waals surface area (Å²) in [4.78, 5) is 26.3. The van der Waals surface area contributed by atoms with Gasteiger partial charge in [-0.05, 0) is 68.0 Å². The van der Waals surface area contributed by atoms with E-state index in [0.717, 1.165) is 36.1 Å². The number of rotatable bonds is 15. The highest BCUT2D eigenvalue weighted by molar-refractivity contribution is 5.90. The molecule has 7 heteroatoms. The van der Waals surface area contributed by atoms with Crippen LogP contribution in [0.5, 0.6) is 5.75 Å². The number of carboxylic acid groups (broad SMARTS) is 1. The molecule has 3 aromatic rings. The van der Waals surface area contributed by atoms with Crippen LogP contribution in [0.2, 0.25) is 0 Å². The number of aliphatic carboxylic acids is 1. The maximum Gasteiger partial charge on any atom is 0.333 e. The van der Waals surface area contributed by atoms with Gasteiger partial charge in [-0.15, -0.1) is 0 Å². The molecule has 1 unspecified atom stereocenters. The zero-order valence-electron chi connectivity index (χ0n) is 22.3. The predicted molar refractivity (Wildman–Crippen MR) is 150 cm³/mol. The number of hydrogen-bond acceptors (Lipinski definition) is 4. The Morgan fingerprint density at radius 2 is 1.61 bits per heavy atom. The first kappa shape index (κ1) is 28.7. The van der Waals surface area contributed by atoms with Crippen LogP contribution in [-0.2, 0) is 22.4 Å². The molecule has 202 valence electrons. The average molecular weight is 519 g/mol. The van der Waals surface area contributed by atoms with E-state index in [1.165, 1.54) is 5.56 Å². The number of para-hydroxylation sites is 1. The van der Waals surface area contributed by atoms with Gasteiger partial charge in [0.05, 0.1) is 6.54 Å². The molecule has 0 fully saturated rings. The highest BCUT2D eigenvalue weighted by Crippen LogP contribution is 2.16. The van der Waals surface area contributed by atoms with Crippen LogP contribution in [0.25, 0.3) is 0 Å². The maximum atomic E-state index is 13.1. The summed E-state index contributed by atoms with van der Waals surface area (Å²) in [6.07, 6.45) is 2.27. The summed E-state index contributed by atoms with van der Waals surface area (Å²) in [5.41, 5.74) is 3.97. The molecule has 0 aromatic heterocycles. The molecule has 0 saturated carbocycles. The van der Waals surface area contributed by atoms with Crippen molar-refractivity contribution in [3.63, 3.8) is 0 Å². The first-order valence-electron chi connectivity index (χ1n) is 13.2. The molecular weight excluding hydrogens is 480 g/mol. The van der Waals surface area contributed by atoms with Crippen molar-refractivity contribution in [1.82, 2.24) is 4.90 Å². The Morgan fingerprint density at radius 3 is 2.29 bits per heavy atom. The molecule has 0 aliphatic rings. The lowest BCUT2D eigenvalue weighted by Crippen LogP contribution is -2.38. The second kappa shape index (κ2) is 15.4. The Balaban J connectivity index is 1.54. The average Bonchev–Trinajstić information content (AvgIpc) is 2.92. The predicted octanol–water partition coefficient (Wildman–Crippen LogP) is 5.96. The van der Waals surface area contributed by atoms with Gasteiger partial charge in [-0.1, -0.05) is 60.7 Å². The number of ether oxygens (including phenoxy) is 2. The van der Waals surface area contributed by atoms with E-state index in [0.29, 0.717) is 38.5 Å². The third-order valence-corrected chi connectivity index (χ3v) is 6.28. The molecule has 1 atom stereocenters. The SMILES string of the molecule is CCOC(Cc1ccc(OCCN(CCCCc2ccccc2)C(=O)Nc2ccccc2C)cc1)C(=O)O. The van der Waals surface area contributed by atoms with Crippen molar-refractivity contribution in [3.05, 3.63) is 95.6 Å². The Hall–Kier alpha value is -3.84. The molecule has 0 aliphatic heterocycles. The largest absolute Gasteiger partial charge is 0.492 e. The fraction of sp³-hybridized carbons (Fsp3) is 0.355. The van der Waals surface area contributed by atoms with Gasteiger partial charge in [0.2, 0.25) is 0 Å². The number of unbranched alkanes of at least 4 members (excludes halogenated alkanes) is 1. The summed E-state index contributed by atoms with van der Waals surface area (Å²) < 4.78 is 11.2. The highest BCUT2D eigenvalue weighted by atomic mass is 16.5. The quantitative estimate of drug-likeness (QED) is 0.242. The number of carbonyl (C=O) groups excluding carboxylic acids is 1. The number of urea groups is 1. The molecule has 0 saturated heterocycles. The fourth-order valence-corrected chi connectivity index (χ4v) is 4.13. The van der Waals surface area contributed by atoms with Gasteiger partial charge in [-0.3, -0.25) is 0 Å². The van der Waals surface area contributed by atoms with E-state index < -0.39 is 12.1 Å². The molecule has 38 heavy (non-hydrogen) atoms. The lowest BCUT2D eigenvalue weighted by Gasteiger charge is -2.24. The number of hydrogen-bond donors (Lipinski definition) is 2. The minimum atomic E-state index is -0.972. The third kappa shape index (κ3) is 9.56. The summed E-state index contributed by atoms with van der Waals surface area (Å²) in [6, 6.07) is 25.3. The van der Waals surface area contributed by atoms with E-state index in [1.54, 1.807) is 11.8 Å². The van der Waals surface area contributed by atoms with E-state index in [4.69, 9.17) is 9.47 Å². The maximum absolute atomic E-state index is 13.1. The monoisotopic (exact) mass is 518 g/mol. The lowest BCUT2D eigenvalue weighted by atomic mass is 10.1. The summed E-state index contributed by atoms with van der Waals surface area (Å²) >= 11 is 0. The number of amides is 2. The number of aryl methyl sites for hydroxylation is 2. The van der Waals surface area contributed by atoms with E-state index >= 15 is 0 Å². The smallest absolute Gasteiger partial charge is 0.333 e. The molecule has 3 rings (SSSR count). The normalized spacial score (nSPS) is 11.5. The third-order valence-electron chi connectivity index (χ3n) is 6.28. The highest BCUT2D eigenvalue weighted by Gasteiger charge is 2.18.